The van der Waals surface area contributed by atoms with Crippen molar-refractivity contribution in [2.75, 3.05) is 7.11 Å². The van der Waals surface area contributed by atoms with Crippen molar-refractivity contribution < 1.29 is 22.7 Å². The summed E-state index contributed by atoms with van der Waals surface area (Å²) in [7, 11) is -0.146. The van der Waals surface area contributed by atoms with Gasteiger partial charge in [-0.25, -0.2) is 8.42 Å². The lowest BCUT2D eigenvalue weighted by Gasteiger charge is -2.26. The van der Waals surface area contributed by atoms with Gasteiger partial charge in [0.1, 0.15) is 14.5 Å². The van der Waals surface area contributed by atoms with Gasteiger partial charge in [-0.3, -0.25) is 4.79 Å². The summed E-state index contributed by atoms with van der Waals surface area (Å²) in [5, 5.41) is 0.678. The fourth-order valence-corrected chi connectivity index (χ4v) is 4.56. The van der Waals surface area contributed by atoms with Gasteiger partial charge in [-0.1, -0.05) is 30.3 Å². The molecule has 124 valence electrons. The van der Waals surface area contributed by atoms with Crippen LogP contribution in [0.1, 0.15) is 24.8 Å². The normalized spacial score (nSPS) is 21.3. The molecule has 0 bridgehead atoms. The second kappa shape index (κ2) is 7.79. The Balaban J connectivity index is 1.93. The summed E-state index contributed by atoms with van der Waals surface area (Å²) in [4.78, 5) is 11.9. The van der Waals surface area contributed by atoms with E-state index in [1.807, 2.05) is 30.3 Å². The van der Waals surface area contributed by atoms with Crippen LogP contribution >= 0.6 is 0 Å². The lowest BCUT2D eigenvalue weighted by Crippen LogP contribution is -2.37. The molecule has 0 N–H and O–H groups in total. The van der Waals surface area contributed by atoms with Gasteiger partial charge in [0.2, 0.25) is 0 Å². The van der Waals surface area contributed by atoms with Crippen molar-refractivity contribution in [3.05, 3.63) is 46.9 Å². The number of ether oxygens (including phenoxy) is 2. The number of carbonyl (C=O) groups is 1. The molecule has 1 heterocycles. The van der Waals surface area contributed by atoms with E-state index in [0.717, 1.165) is 5.56 Å². The Morgan fingerprint density at radius 1 is 1.35 bits per heavy atom. The zero-order chi connectivity index (χ0) is 16.9. The summed E-state index contributed by atoms with van der Waals surface area (Å²) < 4.78 is 34.8. The SMILES string of the molecule is B[C@H](OC)C1CCC(CC(=O)OCc2ccccc2)=CS1(=O)=O. The van der Waals surface area contributed by atoms with Crippen molar-refractivity contribution in [1.82, 2.24) is 0 Å². The Kier molecular flexibility index (Phi) is 6.01. The summed E-state index contributed by atoms with van der Waals surface area (Å²) in [5.41, 5.74) is 1.50. The molecule has 0 spiro atoms. The van der Waals surface area contributed by atoms with E-state index in [1.165, 1.54) is 12.5 Å². The van der Waals surface area contributed by atoms with E-state index in [-0.39, 0.29) is 19.0 Å². The lowest BCUT2D eigenvalue weighted by atomic mass is 9.92. The van der Waals surface area contributed by atoms with E-state index in [4.69, 9.17) is 9.47 Å². The second-order valence-corrected chi connectivity index (χ2v) is 7.73. The average molecular weight is 336 g/mol. The fourth-order valence-electron chi connectivity index (χ4n) is 2.63. The zero-order valence-corrected chi connectivity index (χ0v) is 14.2. The van der Waals surface area contributed by atoms with Crippen molar-refractivity contribution >= 4 is 23.7 Å². The number of hydrogen-bond acceptors (Lipinski definition) is 5. The standard InChI is InChI=1S/C16H21BO5S/c1-21-16(17)14-8-7-13(11-23(14,19)20)9-15(18)22-10-12-5-3-2-4-6-12/h2-6,11,14,16H,7-10,17H2,1H3/t14?,16-/m1/s1. The highest BCUT2D eigenvalue weighted by Gasteiger charge is 2.33. The van der Waals surface area contributed by atoms with Crippen LogP contribution in [0.4, 0.5) is 0 Å². The number of rotatable bonds is 6. The highest BCUT2D eigenvalue weighted by Crippen LogP contribution is 2.27. The van der Waals surface area contributed by atoms with Crippen LogP contribution in [0, 0.1) is 0 Å². The Labute approximate surface area is 138 Å². The number of esters is 1. The number of sulfone groups is 1. The molecule has 1 aliphatic rings. The molecule has 1 aliphatic heterocycles. The number of methoxy groups -OCH3 is 1. The van der Waals surface area contributed by atoms with E-state index in [9.17, 15) is 13.2 Å². The largest absolute Gasteiger partial charge is 0.461 e. The summed E-state index contributed by atoms with van der Waals surface area (Å²) in [6.45, 7) is 0.197. The van der Waals surface area contributed by atoms with E-state index in [1.54, 1.807) is 7.85 Å². The molecule has 1 aromatic carbocycles. The summed E-state index contributed by atoms with van der Waals surface area (Å²) in [5.74, 6) is -0.409. The van der Waals surface area contributed by atoms with Gasteiger partial charge in [-0.05, 0) is 24.0 Å². The third-order valence-electron chi connectivity index (χ3n) is 4.01. The van der Waals surface area contributed by atoms with Gasteiger partial charge in [0.05, 0.1) is 11.7 Å². The molecule has 23 heavy (non-hydrogen) atoms. The summed E-state index contributed by atoms with van der Waals surface area (Å²) in [6.07, 6.45) is 1.05. The highest BCUT2D eigenvalue weighted by atomic mass is 32.2. The van der Waals surface area contributed by atoms with Crippen molar-refractivity contribution in [3.8, 4) is 0 Å². The van der Waals surface area contributed by atoms with Crippen molar-refractivity contribution in [3.63, 3.8) is 0 Å². The molecule has 1 unspecified atom stereocenters. The van der Waals surface area contributed by atoms with Crippen LogP contribution in [-0.2, 0) is 30.7 Å². The first kappa shape index (κ1) is 17.8. The first-order valence-corrected chi connectivity index (χ1v) is 9.19. The third kappa shape index (κ3) is 4.94. The Bertz CT molecular complexity index is 669. The minimum absolute atomic E-state index is 0.0140. The molecule has 1 aromatic rings. The molecule has 0 aliphatic carbocycles. The Hall–Kier alpha value is -1.60. The fraction of sp³-hybridized carbons (Fsp3) is 0.438. The predicted octanol–water partition coefficient (Wildman–Crippen LogP) is 1.19. The van der Waals surface area contributed by atoms with Gasteiger partial charge in [-0.2, -0.15) is 0 Å². The van der Waals surface area contributed by atoms with Crippen LogP contribution in [-0.4, -0.2) is 40.6 Å². The molecular weight excluding hydrogens is 315 g/mol. The minimum Gasteiger partial charge on any atom is -0.461 e. The van der Waals surface area contributed by atoms with Crippen molar-refractivity contribution in [2.24, 2.45) is 0 Å². The second-order valence-electron chi connectivity index (χ2n) is 5.71. The van der Waals surface area contributed by atoms with Gasteiger partial charge in [-0.15, -0.1) is 0 Å². The molecular formula is C16H21BO5S. The molecule has 5 nitrogen and oxygen atoms in total. The maximum atomic E-state index is 12.2. The van der Waals surface area contributed by atoms with Crippen LogP contribution < -0.4 is 0 Å². The quantitative estimate of drug-likeness (QED) is 0.576. The first-order chi connectivity index (χ1) is 10.9. The smallest absolute Gasteiger partial charge is 0.310 e. The molecule has 7 heteroatoms. The van der Waals surface area contributed by atoms with E-state index in [2.05, 4.69) is 0 Å². The van der Waals surface area contributed by atoms with Crippen molar-refractivity contribution in [1.29, 1.82) is 0 Å². The number of carbonyl (C=O) groups excluding carboxylic acids is 1. The third-order valence-corrected chi connectivity index (χ3v) is 6.14. The molecule has 0 radical (unpaired) electrons. The summed E-state index contributed by atoms with van der Waals surface area (Å²) >= 11 is 0. The first-order valence-electron chi connectivity index (χ1n) is 7.58. The summed E-state index contributed by atoms with van der Waals surface area (Å²) in [6, 6.07) is 9.01. The predicted molar refractivity (Wildman–Crippen MR) is 90.2 cm³/mol. The molecule has 2 rings (SSSR count). The van der Waals surface area contributed by atoms with Gasteiger partial charge < -0.3 is 9.47 Å². The molecule has 0 amide bonds. The average Bonchev–Trinajstić information content (AvgIpc) is 2.52. The van der Waals surface area contributed by atoms with Crippen LogP contribution in [0.2, 0.25) is 0 Å². The lowest BCUT2D eigenvalue weighted by molar-refractivity contribution is -0.144. The van der Waals surface area contributed by atoms with E-state index < -0.39 is 21.1 Å². The van der Waals surface area contributed by atoms with E-state index >= 15 is 0 Å². The number of hydrogen-bond donors (Lipinski definition) is 0. The van der Waals surface area contributed by atoms with Gasteiger partial charge in [0.15, 0.2) is 9.84 Å². The molecule has 0 saturated carbocycles. The monoisotopic (exact) mass is 336 g/mol. The van der Waals surface area contributed by atoms with Crippen LogP contribution in [0.25, 0.3) is 0 Å². The highest BCUT2D eigenvalue weighted by molar-refractivity contribution is 7.95. The van der Waals surface area contributed by atoms with E-state index in [0.29, 0.717) is 18.4 Å². The topological polar surface area (TPSA) is 69.7 Å². The van der Waals surface area contributed by atoms with Gasteiger partial charge >= 0.3 is 5.97 Å². The molecule has 0 fully saturated rings. The Morgan fingerprint density at radius 3 is 2.65 bits per heavy atom. The number of benzene rings is 1. The molecule has 2 atom stereocenters. The maximum Gasteiger partial charge on any atom is 0.310 e. The molecule has 0 saturated heterocycles. The van der Waals surface area contributed by atoms with Crippen molar-refractivity contribution in [2.45, 2.75) is 37.1 Å². The Morgan fingerprint density at radius 2 is 2.04 bits per heavy atom. The minimum atomic E-state index is -3.39. The van der Waals surface area contributed by atoms with Gasteiger partial charge in [0, 0.05) is 18.5 Å². The van der Waals surface area contributed by atoms with Gasteiger partial charge in [0.25, 0.3) is 0 Å². The van der Waals surface area contributed by atoms with Crippen LogP contribution in [0.5, 0.6) is 0 Å². The zero-order valence-electron chi connectivity index (χ0n) is 13.4. The maximum absolute atomic E-state index is 12.2. The van der Waals surface area contributed by atoms with Crippen LogP contribution in [0.15, 0.2) is 41.3 Å². The van der Waals surface area contributed by atoms with Crippen LogP contribution in [0.3, 0.4) is 0 Å². The molecule has 0 aromatic heterocycles.